The minimum Gasteiger partial charge on any atom is -0.497 e. The van der Waals surface area contributed by atoms with Crippen LogP contribution in [0.25, 0.3) is 0 Å². The molecule has 0 radical (unpaired) electrons. The van der Waals surface area contributed by atoms with E-state index in [4.69, 9.17) is 16.3 Å². The number of carbonyl (C=O) groups excluding carboxylic acids is 1. The molecule has 2 aromatic carbocycles. The van der Waals surface area contributed by atoms with Gasteiger partial charge in [-0.1, -0.05) is 29.8 Å². The highest BCUT2D eigenvalue weighted by Crippen LogP contribution is 2.50. The Morgan fingerprint density at radius 1 is 1.03 bits per heavy atom. The van der Waals surface area contributed by atoms with E-state index in [9.17, 15) is 13.2 Å². The van der Waals surface area contributed by atoms with Crippen LogP contribution in [-0.2, 0) is 14.8 Å². The summed E-state index contributed by atoms with van der Waals surface area (Å²) in [6.45, 7) is 1.40. The number of ether oxygens (including phenoxy) is 1. The molecule has 1 amide bonds. The van der Waals surface area contributed by atoms with Gasteiger partial charge in [-0.3, -0.25) is 4.79 Å². The van der Waals surface area contributed by atoms with Crippen molar-refractivity contribution in [2.45, 2.75) is 17.2 Å². The van der Waals surface area contributed by atoms with Crippen molar-refractivity contribution in [2.24, 2.45) is 5.92 Å². The maximum absolute atomic E-state index is 12.9. The van der Waals surface area contributed by atoms with Crippen molar-refractivity contribution >= 4 is 27.5 Å². The molecule has 0 aromatic heterocycles. The number of halogens is 1. The lowest BCUT2D eigenvalue weighted by atomic mass is 10.1. The number of hydrogen-bond acceptors (Lipinski definition) is 4. The van der Waals surface area contributed by atoms with Crippen molar-refractivity contribution in [3.05, 3.63) is 59.1 Å². The topological polar surface area (TPSA) is 66.9 Å². The van der Waals surface area contributed by atoms with E-state index in [2.05, 4.69) is 0 Å². The second-order valence-corrected chi connectivity index (χ2v) is 9.72. The molecule has 1 saturated heterocycles. The van der Waals surface area contributed by atoms with Gasteiger partial charge >= 0.3 is 0 Å². The zero-order valence-corrected chi connectivity index (χ0v) is 17.7. The molecular weight excluding hydrogens is 412 g/mol. The Morgan fingerprint density at radius 3 is 2.31 bits per heavy atom. The van der Waals surface area contributed by atoms with Gasteiger partial charge in [0.2, 0.25) is 15.9 Å². The molecule has 4 rings (SSSR count). The van der Waals surface area contributed by atoms with E-state index in [1.54, 1.807) is 29.2 Å². The fraction of sp³-hybridized carbons (Fsp3) is 0.381. The van der Waals surface area contributed by atoms with Gasteiger partial charge in [-0.05, 0) is 48.2 Å². The van der Waals surface area contributed by atoms with Crippen LogP contribution >= 0.6 is 11.6 Å². The van der Waals surface area contributed by atoms with Crippen molar-refractivity contribution in [3.63, 3.8) is 0 Å². The lowest BCUT2D eigenvalue weighted by Gasteiger charge is -2.34. The normalized spacial score (nSPS) is 22.3. The Kier molecular flexibility index (Phi) is 5.55. The molecule has 0 spiro atoms. The highest BCUT2D eigenvalue weighted by molar-refractivity contribution is 7.89. The first-order chi connectivity index (χ1) is 13.9. The number of rotatable bonds is 5. The van der Waals surface area contributed by atoms with Gasteiger partial charge in [0, 0.05) is 37.1 Å². The predicted molar refractivity (Wildman–Crippen MR) is 111 cm³/mol. The molecule has 0 bridgehead atoms. The van der Waals surface area contributed by atoms with Gasteiger partial charge in [0.1, 0.15) is 5.75 Å². The van der Waals surface area contributed by atoms with E-state index in [0.29, 0.717) is 37.0 Å². The molecule has 1 saturated carbocycles. The summed E-state index contributed by atoms with van der Waals surface area (Å²) in [4.78, 5) is 14.9. The number of benzene rings is 2. The molecule has 6 nitrogen and oxygen atoms in total. The first-order valence-corrected chi connectivity index (χ1v) is 11.4. The van der Waals surface area contributed by atoms with Crippen molar-refractivity contribution in [2.75, 3.05) is 33.3 Å². The van der Waals surface area contributed by atoms with Crippen LogP contribution in [-0.4, -0.2) is 56.8 Å². The van der Waals surface area contributed by atoms with Gasteiger partial charge in [-0.25, -0.2) is 8.42 Å². The molecule has 2 unspecified atom stereocenters. The van der Waals surface area contributed by atoms with Crippen LogP contribution in [0.1, 0.15) is 17.9 Å². The van der Waals surface area contributed by atoms with Crippen molar-refractivity contribution in [1.82, 2.24) is 9.21 Å². The van der Waals surface area contributed by atoms with Crippen LogP contribution in [0.15, 0.2) is 53.4 Å². The van der Waals surface area contributed by atoms with Crippen molar-refractivity contribution in [1.29, 1.82) is 0 Å². The molecule has 1 aliphatic heterocycles. The summed E-state index contributed by atoms with van der Waals surface area (Å²) in [5.41, 5.74) is 1.02. The number of methoxy groups -OCH3 is 1. The minimum absolute atomic E-state index is 0.0559. The summed E-state index contributed by atoms with van der Waals surface area (Å²) in [6.07, 6.45) is 0.799. The summed E-state index contributed by atoms with van der Waals surface area (Å²) >= 11 is 6.26. The van der Waals surface area contributed by atoms with Crippen LogP contribution in [0.4, 0.5) is 0 Å². The van der Waals surface area contributed by atoms with Gasteiger partial charge in [0.25, 0.3) is 0 Å². The third-order valence-corrected chi connectivity index (χ3v) is 7.92. The van der Waals surface area contributed by atoms with Gasteiger partial charge in [-0.2, -0.15) is 4.31 Å². The molecule has 1 heterocycles. The number of carbonyl (C=O) groups is 1. The third kappa shape index (κ3) is 3.99. The van der Waals surface area contributed by atoms with Crippen LogP contribution in [0.3, 0.4) is 0 Å². The number of hydrogen-bond donors (Lipinski definition) is 0. The highest BCUT2D eigenvalue weighted by Gasteiger charge is 2.47. The van der Waals surface area contributed by atoms with Crippen LogP contribution in [0.5, 0.6) is 5.75 Å². The number of piperazine rings is 1. The fourth-order valence-electron chi connectivity index (χ4n) is 3.87. The molecule has 154 valence electrons. The molecule has 2 aromatic rings. The van der Waals surface area contributed by atoms with Gasteiger partial charge < -0.3 is 9.64 Å². The molecular formula is C21H23ClN2O4S. The Hall–Kier alpha value is -2.09. The SMILES string of the molecule is COc1ccc(S(=O)(=O)N2CCN(C(=O)C3CC3c3ccccc3Cl)CC2)cc1. The molecule has 1 aliphatic carbocycles. The number of amides is 1. The van der Waals surface area contributed by atoms with Gasteiger partial charge in [0.05, 0.1) is 12.0 Å². The zero-order valence-electron chi connectivity index (χ0n) is 16.1. The quantitative estimate of drug-likeness (QED) is 0.725. The molecule has 0 N–H and O–H groups in total. The Labute approximate surface area is 176 Å². The Morgan fingerprint density at radius 2 is 1.69 bits per heavy atom. The van der Waals surface area contributed by atoms with E-state index in [1.165, 1.54) is 11.4 Å². The van der Waals surface area contributed by atoms with Crippen LogP contribution in [0.2, 0.25) is 5.02 Å². The van der Waals surface area contributed by atoms with Crippen molar-refractivity contribution < 1.29 is 17.9 Å². The van der Waals surface area contributed by atoms with Crippen LogP contribution in [0, 0.1) is 5.92 Å². The fourth-order valence-corrected chi connectivity index (χ4v) is 5.57. The maximum Gasteiger partial charge on any atom is 0.243 e. The molecule has 2 atom stereocenters. The summed E-state index contributed by atoms with van der Waals surface area (Å²) in [5, 5.41) is 0.697. The minimum atomic E-state index is -3.58. The van der Waals surface area contributed by atoms with E-state index in [1.807, 2.05) is 24.3 Å². The first-order valence-electron chi connectivity index (χ1n) is 9.59. The molecule has 29 heavy (non-hydrogen) atoms. The Bertz CT molecular complexity index is 1000. The molecule has 8 heteroatoms. The number of nitrogens with zero attached hydrogens (tertiary/aromatic N) is 2. The van der Waals surface area contributed by atoms with E-state index < -0.39 is 10.0 Å². The monoisotopic (exact) mass is 434 g/mol. The zero-order chi connectivity index (χ0) is 20.6. The summed E-state index contributed by atoms with van der Waals surface area (Å²) in [5.74, 6) is 0.810. The second kappa shape index (κ2) is 7.97. The van der Waals surface area contributed by atoms with Gasteiger partial charge in [-0.15, -0.1) is 0 Å². The molecule has 2 fully saturated rings. The summed E-state index contributed by atoms with van der Waals surface area (Å²) in [7, 11) is -2.04. The van der Waals surface area contributed by atoms with E-state index >= 15 is 0 Å². The smallest absolute Gasteiger partial charge is 0.243 e. The van der Waals surface area contributed by atoms with Crippen LogP contribution < -0.4 is 4.74 Å². The predicted octanol–water partition coefficient (Wildman–Crippen LogP) is 2.99. The average molecular weight is 435 g/mol. The lowest BCUT2D eigenvalue weighted by Crippen LogP contribution is -2.51. The van der Waals surface area contributed by atoms with E-state index in [0.717, 1.165) is 12.0 Å². The lowest BCUT2D eigenvalue weighted by molar-refractivity contribution is -0.133. The largest absolute Gasteiger partial charge is 0.497 e. The average Bonchev–Trinajstić information content (AvgIpc) is 3.54. The van der Waals surface area contributed by atoms with Crippen molar-refractivity contribution in [3.8, 4) is 5.75 Å². The number of sulfonamides is 1. The van der Waals surface area contributed by atoms with Gasteiger partial charge in [0.15, 0.2) is 0 Å². The summed E-state index contributed by atoms with van der Waals surface area (Å²) < 4.78 is 32.2. The first kappa shape index (κ1) is 20.2. The summed E-state index contributed by atoms with van der Waals surface area (Å²) in [6, 6.07) is 14.0. The maximum atomic E-state index is 12.9. The second-order valence-electron chi connectivity index (χ2n) is 7.38. The molecule has 2 aliphatic rings. The third-order valence-electron chi connectivity index (χ3n) is 5.66. The van der Waals surface area contributed by atoms with E-state index in [-0.39, 0.29) is 22.6 Å². The Balaban J connectivity index is 1.37. The highest BCUT2D eigenvalue weighted by atomic mass is 35.5. The standard InChI is InChI=1S/C21H23ClN2O4S/c1-28-15-6-8-16(9-7-15)29(26,27)24-12-10-23(11-13-24)21(25)19-14-18(19)17-4-2-3-5-20(17)22/h2-9,18-19H,10-14H2,1H3.